The molecular weight excluding hydrogens is 318 g/mol. The van der Waals surface area contributed by atoms with Crippen molar-refractivity contribution in [1.82, 2.24) is 0 Å². The molecule has 0 saturated heterocycles. The molecule has 0 spiro atoms. The molecule has 138 valence electrons. The minimum Gasteiger partial charge on any atom is -0.497 e. The first-order valence-corrected chi connectivity index (χ1v) is 9.06. The van der Waals surface area contributed by atoms with Crippen LogP contribution in [0.4, 0.5) is 5.69 Å². The van der Waals surface area contributed by atoms with Gasteiger partial charge in [-0.1, -0.05) is 13.8 Å². The van der Waals surface area contributed by atoms with Crippen LogP contribution in [0.3, 0.4) is 0 Å². The van der Waals surface area contributed by atoms with E-state index >= 15 is 0 Å². The maximum Gasteiger partial charge on any atom is 0.329 e. The van der Waals surface area contributed by atoms with Gasteiger partial charge in [-0.2, -0.15) is 0 Å². The van der Waals surface area contributed by atoms with E-state index in [0.29, 0.717) is 24.9 Å². The van der Waals surface area contributed by atoms with Gasteiger partial charge in [0.15, 0.2) is 0 Å². The summed E-state index contributed by atoms with van der Waals surface area (Å²) >= 11 is 0. The van der Waals surface area contributed by atoms with E-state index in [1.54, 1.807) is 14.0 Å². The van der Waals surface area contributed by atoms with Crippen molar-refractivity contribution in [1.29, 1.82) is 0 Å². The second-order valence-corrected chi connectivity index (χ2v) is 6.95. The van der Waals surface area contributed by atoms with Crippen LogP contribution in [-0.4, -0.2) is 31.5 Å². The summed E-state index contributed by atoms with van der Waals surface area (Å²) in [4.78, 5) is 25.1. The maximum atomic E-state index is 12.5. The van der Waals surface area contributed by atoms with Gasteiger partial charge in [0.05, 0.1) is 13.7 Å². The number of hydrogen-bond donors (Lipinski definition) is 1. The molecule has 5 heteroatoms. The number of hydrogen-bond acceptors (Lipinski definition) is 5. The largest absolute Gasteiger partial charge is 0.497 e. The zero-order valence-electron chi connectivity index (χ0n) is 15.6. The van der Waals surface area contributed by atoms with Crippen LogP contribution in [0.15, 0.2) is 24.3 Å². The van der Waals surface area contributed by atoms with Crippen molar-refractivity contribution in [3.05, 3.63) is 24.3 Å². The third kappa shape index (κ3) is 4.97. The minimum atomic E-state index is -0.651. The van der Waals surface area contributed by atoms with E-state index in [1.807, 2.05) is 24.3 Å². The van der Waals surface area contributed by atoms with E-state index < -0.39 is 6.04 Å². The molecule has 0 bridgehead atoms. The average Bonchev–Trinajstić information content (AvgIpc) is 2.61. The highest BCUT2D eigenvalue weighted by Crippen LogP contribution is 2.34. The lowest BCUT2D eigenvalue weighted by Gasteiger charge is -2.34. The molecule has 0 heterocycles. The normalized spacial score (nSPS) is 21.7. The Morgan fingerprint density at radius 3 is 2.52 bits per heavy atom. The van der Waals surface area contributed by atoms with Crippen LogP contribution in [-0.2, 0) is 14.3 Å². The lowest BCUT2D eigenvalue weighted by molar-refractivity contribution is -0.148. The lowest BCUT2D eigenvalue weighted by Crippen LogP contribution is -2.45. The Balaban J connectivity index is 2.21. The summed E-state index contributed by atoms with van der Waals surface area (Å²) in [7, 11) is 1.61. The van der Waals surface area contributed by atoms with Crippen LogP contribution in [0.1, 0.15) is 40.0 Å². The van der Waals surface area contributed by atoms with Gasteiger partial charge in [0.1, 0.15) is 17.6 Å². The second-order valence-electron chi connectivity index (χ2n) is 6.95. The number of methoxy groups -OCH3 is 1. The van der Waals surface area contributed by atoms with E-state index in [-0.39, 0.29) is 17.7 Å². The van der Waals surface area contributed by atoms with Crippen molar-refractivity contribution in [3.63, 3.8) is 0 Å². The number of ketones is 1. The van der Waals surface area contributed by atoms with Crippen LogP contribution in [0, 0.1) is 17.8 Å². The van der Waals surface area contributed by atoms with Crippen molar-refractivity contribution in [3.8, 4) is 5.75 Å². The van der Waals surface area contributed by atoms with Crippen molar-refractivity contribution >= 4 is 17.4 Å². The zero-order chi connectivity index (χ0) is 18.4. The maximum absolute atomic E-state index is 12.5. The van der Waals surface area contributed by atoms with Crippen LogP contribution >= 0.6 is 0 Å². The first-order chi connectivity index (χ1) is 12.0. The third-order valence-corrected chi connectivity index (χ3v) is 5.03. The predicted molar refractivity (Wildman–Crippen MR) is 97.7 cm³/mol. The molecule has 2 rings (SSSR count). The van der Waals surface area contributed by atoms with Gasteiger partial charge in [0.25, 0.3) is 0 Å². The summed E-state index contributed by atoms with van der Waals surface area (Å²) < 4.78 is 10.4. The summed E-state index contributed by atoms with van der Waals surface area (Å²) in [5.41, 5.74) is 0.776. The Hall–Kier alpha value is -2.04. The van der Waals surface area contributed by atoms with Crippen LogP contribution in [0.5, 0.6) is 5.75 Å². The molecule has 0 aliphatic heterocycles. The van der Waals surface area contributed by atoms with Gasteiger partial charge >= 0.3 is 5.97 Å². The Labute approximate surface area is 150 Å². The van der Waals surface area contributed by atoms with Crippen molar-refractivity contribution in [2.24, 2.45) is 17.8 Å². The van der Waals surface area contributed by atoms with E-state index in [0.717, 1.165) is 24.3 Å². The molecule has 3 atom stereocenters. The molecule has 0 amide bonds. The Morgan fingerprint density at radius 1 is 1.28 bits per heavy atom. The average molecular weight is 347 g/mol. The summed E-state index contributed by atoms with van der Waals surface area (Å²) in [5, 5.41) is 3.22. The summed E-state index contributed by atoms with van der Waals surface area (Å²) in [6, 6.07) is 6.69. The van der Waals surface area contributed by atoms with E-state index in [4.69, 9.17) is 9.47 Å². The molecule has 0 aromatic heterocycles. The first kappa shape index (κ1) is 19.3. The molecule has 1 aliphatic carbocycles. The van der Waals surface area contributed by atoms with Crippen molar-refractivity contribution in [2.45, 2.75) is 46.1 Å². The number of Topliss-reactive ketones (excluding diaryl/α,β-unsaturated/α-hetero) is 1. The Kier molecular flexibility index (Phi) is 6.85. The van der Waals surface area contributed by atoms with E-state index in [1.165, 1.54) is 0 Å². The molecule has 5 nitrogen and oxygen atoms in total. The number of ether oxygens (including phenoxy) is 2. The SMILES string of the molecule is CCOC(=O)[C@@H](Nc1ccc(OC)cc1)[C@H]1C[C@@H](C(C)C)CCC1=O. The smallest absolute Gasteiger partial charge is 0.329 e. The number of carbonyl (C=O) groups is 2. The topological polar surface area (TPSA) is 64.6 Å². The summed E-state index contributed by atoms with van der Waals surface area (Å²) in [6.07, 6.45) is 2.17. The second kappa shape index (κ2) is 8.88. The van der Waals surface area contributed by atoms with Crippen LogP contribution < -0.4 is 10.1 Å². The molecule has 0 radical (unpaired) electrons. The van der Waals surface area contributed by atoms with Gasteiger partial charge in [-0.05, 0) is 55.9 Å². The Morgan fingerprint density at radius 2 is 1.96 bits per heavy atom. The fraction of sp³-hybridized carbons (Fsp3) is 0.600. The number of anilines is 1. The highest BCUT2D eigenvalue weighted by atomic mass is 16.5. The molecular formula is C20H29NO4. The summed E-state index contributed by atoms with van der Waals surface area (Å²) in [5.74, 6) is 1.14. The van der Waals surface area contributed by atoms with Crippen LogP contribution in [0.2, 0.25) is 0 Å². The van der Waals surface area contributed by atoms with Gasteiger partial charge in [0.2, 0.25) is 0 Å². The molecule has 1 aromatic rings. The zero-order valence-corrected chi connectivity index (χ0v) is 15.6. The fourth-order valence-corrected chi connectivity index (χ4v) is 3.44. The number of nitrogens with one attached hydrogen (secondary N) is 1. The monoisotopic (exact) mass is 347 g/mol. The number of esters is 1. The van der Waals surface area contributed by atoms with Gasteiger partial charge in [-0.25, -0.2) is 4.79 Å². The Bertz CT molecular complexity index is 582. The molecule has 1 N–H and O–H groups in total. The minimum absolute atomic E-state index is 0.149. The standard InChI is InChI=1S/C20H29NO4/c1-5-25-20(23)19(21-15-7-9-16(24-4)10-8-15)17-12-14(13(2)3)6-11-18(17)22/h7-10,13-14,17,19,21H,5-6,11-12H2,1-4H3/t14-,17-,19-/m0/s1. The summed E-state index contributed by atoms with van der Waals surface area (Å²) in [6.45, 7) is 6.43. The quantitative estimate of drug-likeness (QED) is 0.762. The molecule has 1 aromatic carbocycles. The highest BCUT2D eigenvalue weighted by Gasteiger charge is 2.39. The van der Waals surface area contributed by atoms with Gasteiger partial charge < -0.3 is 14.8 Å². The van der Waals surface area contributed by atoms with E-state index in [9.17, 15) is 9.59 Å². The lowest BCUT2D eigenvalue weighted by atomic mass is 9.73. The highest BCUT2D eigenvalue weighted by molar-refractivity contribution is 5.91. The van der Waals surface area contributed by atoms with Crippen molar-refractivity contribution < 1.29 is 19.1 Å². The molecule has 1 fully saturated rings. The van der Waals surface area contributed by atoms with Gasteiger partial charge in [-0.15, -0.1) is 0 Å². The number of carbonyl (C=O) groups excluding carboxylic acids is 2. The van der Waals surface area contributed by atoms with Crippen molar-refractivity contribution in [2.75, 3.05) is 19.0 Å². The molecule has 1 saturated carbocycles. The molecule has 0 unspecified atom stereocenters. The van der Waals surface area contributed by atoms with Gasteiger partial charge in [-0.3, -0.25) is 4.79 Å². The van der Waals surface area contributed by atoms with Crippen LogP contribution in [0.25, 0.3) is 0 Å². The van der Waals surface area contributed by atoms with E-state index in [2.05, 4.69) is 19.2 Å². The predicted octanol–water partition coefficient (Wildman–Crippen LogP) is 3.68. The third-order valence-electron chi connectivity index (χ3n) is 5.03. The fourth-order valence-electron chi connectivity index (χ4n) is 3.44. The molecule has 1 aliphatic rings. The molecule has 25 heavy (non-hydrogen) atoms. The number of rotatable bonds is 7. The number of benzene rings is 1. The first-order valence-electron chi connectivity index (χ1n) is 9.06. The van der Waals surface area contributed by atoms with Gasteiger partial charge in [0, 0.05) is 18.0 Å².